The molecule has 0 amide bonds. The highest BCUT2D eigenvalue weighted by Crippen LogP contribution is 2.32. The fraction of sp³-hybridized carbons (Fsp3) is 0.200. The first kappa shape index (κ1) is 25.9. The number of aromatic nitrogens is 1. The van der Waals surface area contributed by atoms with Crippen molar-refractivity contribution in [1.29, 1.82) is 5.26 Å². The largest absolute Gasteiger partial charge is 0.497 e. The number of carbonyl (C=O) groups is 1. The molecule has 0 saturated heterocycles. The van der Waals surface area contributed by atoms with Gasteiger partial charge in [0, 0.05) is 5.56 Å². The number of allylic oxidation sites excluding steroid dienone is 1. The number of hydrogen-bond acceptors (Lipinski definition) is 8. The smallest absolute Gasteiger partial charge is 0.338 e. The molecule has 8 nitrogen and oxygen atoms in total. The molecule has 0 unspecified atom stereocenters. The molecular formula is C30H25N3O5S. The zero-order chi connectivity index (χ0) is 27.5. The molecule has 3 aromatic carbocycles. The summed E-state index contributed by atoms with van der Waals surface area (Å²) in [6.45, 7) is 3.56. The van der Waals surface area contributed by atoms with Crippen LogP contribution in [0.2, 0.25) is 0 Å². The highest BCUT2D eigenvalue weighted by molar-refractivity contribution is 7.07. The second kappa shape index (κ2) is 11.0. The highest BCUT2D eigenvalue weighted by Gasteiger charge is 2.33. The number of thiazole rings is 1. The van der Waals surface area contributed by atoms with Gasteiger partial charge in [0.1, 0.15) is 17.6 Å². The van der Waals surface area contributed by atoms with Crippen LogP contribution in [0.4, 0.5) is 0 Å². The van der Waals surface area contributed by atoms with Crippen LogP contribution in [0.3, 0.4) is 0 Å². The first-order valence-electron chi connectivity index (χ1n) is 12.3. The van der Waals surface area contributed by atoms with Crippen LogP contribution >= 0.6 is 11.3 Å². The Labute approximate surface area is 228 Å². The van der Waals surface area contributed by atoms with Gasteiger partial charge < -0.3 is 14.2 Å². The van der Waals surface area contributed by atoms with Gasteiger partial charge in [0.15, 0.2) is 11.4 Å². The number of nitriles is 1. The quantitative estimate of drug-likeness (QED) is 0.331. The van der Waals surface area contributed by atoms with Crippen LogP contribution < -0.4 is 24.4 Å². The molecule has 0 N–H and O–H groups in total. The minimum Gasteiger partial charge on any atom is -0.497 e. The second-order valence-corrected chi connectivity index (χ2v) is 9.73. The van der Waals surface area contributed by atoms with Crippen molar-refractivity contribution in [3.05, 3.63) is 103 Å². The summed E-state index contributed by atoms with van der Waals surface area (Å²) in [6.07, 6.45) is 1.77. The summed E-state index contributed by atoms with van der Waals surface area (Å²) in [4.78, 5) is 32.2. The maximum atomic E-state index is 14.0. The van der Waals surface area contributed by atoms with E-state index < -0.39 is 12.0 Å². The summed E-state index contributed by atoms with van der Waals surface area (Å²) in [5, 5.41) is 10.9. The lowest BCUT2D eigenvalue weighted by Gasteiger charge is -2.24. The van der Waals surface area contributed by atoms with Crippen LogP contribution in [0.5, 0.6) is 11.5 Å². The van der Waals surface area contributed by atoms with E-state index >= 15 is 0 Å². The average Bonchev–Trinajstić information content (AvgIpc) is 3.26. The minimum absolute atomic E-state index is 0.125. The molecule has 196 valence electrons. The summed E-state index contributed by atoms with van der Waals surface area (Å²) in [5.41, 5.74) is 1.92. The molecule has 1 aliphatic heterocycles. The predicted molar refractivity (Wildman–Crippen MR) is 148 cm³/mol. The summed E-state index contributed by atoms with van der Waals surface area (Å²) in [6, 6.07) is 20.0. The molecule has 0 aliphatic carbocycles. The van der Waals surface area contributed by atoms with Gasteiger partial charge in [-0.3, -0.25) is 9.36 Å². The van der Waals surface area contributed by atoms with Gasteiger partial charge in [-0.1, -0.05) is 53.8 Å². The lowest BCUT2D eigenvalue weighted by molar-refractivity contribution is -0.139. The highest BCUT2D eigenvalue weighted by atomic mass is 32.1. The van der Waals surface area contributed by atoms with E-state index in [0.29, 0.717) is 37.7 Å². The van der Waals surface area contributed by atoms with Crippen LogP contribution in [0.25, 0.3) is 16.8 Å². The first-order chi connectivity index (χ1) is 19.0. The van der Waals surface area contributed by atoms with Crippen LogP contribution in [-0.2, 0) is 9.53 Å². The van der Waals surface area contributed by atoms with Crippen molar-refractivity contribution < 1.29 is 19.0 Å². The van der Waals surface area contributed by atoms with Crippen LogP contribution in [0, 0.1) is 11.3 Å². The molecule has 2 heterocycles. The van der Waals surface area contributed by atoms with Crippen molar-refractivity contribution in [2.24, 2.45) is 4.99 Å². The molecule has 4 aromatic rings. The molecule has 0 spiro atoms. The molecule has 5 rings (SSSR count). The van der Waals surface area contributed by atoms with E-state index in [2.05, 4.69) is 4.99 Å². The van der Waals surface area contributed by atoms with Crippen molar-refractivity contribution in [3.8, 4) is 17.6 Å². The molecule has 0 fully saturated rings. The maximum absolute atomic E-state index is 14.0. The van der Waals surface area contributed by atoms with E-state index in [9.17, 15) is 9.59 Å². The van der Waals surface area contributed by atoms with Gasteiger partial charge in [-0.2, -0.15) is 5.26 Å². The second-order valence-electron chi connectivity index (χ2n) is 8.72. The number of carbonyl (C=O) groups excluding carboxylic acids is 1. The Morgan fingerprint density at radius 2 is 1.92 bits per heavy atom. The van der Waals surface area contributed by atoms with E-state index in [-0.39, 0.29) is 18.8 Å². The Morgan fingerprint density at radius 3 is 2.64 bits per heavy atom. The van der Waals surface area contributed by atoms with Gasteiger partial charge in [-0.25, -0.2) is 9.79 Å². The maximum Gasteiger partial charge on any atom is 0.338 e. The third kappa shape index (κ3) is 4.82. The number of benzene rings is 3. The molecule has 39 heavy (non-hydrogen) atoms. The van der Waals surface area contributed by atoms with Gasteiger partial charge in [0.25, 0.3) is 5.56 Å². The number of methoxy groups -OCH3 is 1. The molecule has 0 radical (unpaired) electrons. The lowest BCUT2D eigenvalue weighted by Crippen LogP contribution is -2.39. The number of fused-ring (bicyclic) bond motifs is 2. The van der Waals surface area contributed by atoms with Crippen molar-refractivity contribution in [2.45, 2.75) is 19.9 Å². The van der Waals surface area contributed by atoms with Gasteiger partial charge in [-0.05, 0) is 54.5 Å². The Kier molecular flexibility index (Phi) is 7.30. The Bertz CT molecular complexity index is 1830. The van der Waals surface area contributed by atoms with Crippen LogP contribution in [0.1, 0.15) is 31.0 Å². The molecule has 1 atom stereocenters. The topological polar surface area (TPSA) is 103 Å². The van der Waals surface area contributed by atoms with Crippen molar-refractivity contribution >= 4 is 34.2 Å². The van der Waals surface area contributed by atoms with Crippen molar-refractivity contribution in [3.63, 3.8) is 0 Å². The van der Waals surface area contributed by atoms with Gasteiger partial charge in [-0.15, -0.1) is 0 Å². The van der Waals surface area contributed by atoms with E-state index in [0.717, 1.165) is 16.3 Å². The van der Waals surface area contributed by atoms with E-state index in [1.165, 1.54) is 11.3 Å². The first-order valence-corrected chi connectivity index (χ1v) is 13.1. The van der Waals surface area contributed by atoms with E-state index in [4.69, 9.17) is 19.5 Å². The summed E-state index contributed by atoms with van der Waals surface area (Å²) >= 11 is 1.23. The van der Waals surface area contributed by atoms with Gasteiger partial charge in [0.05, 0.1) is 35.6 Å². The van der Waals surface area contributed by atoms with Crippen molar-refractivity contribution in [1.82, 2.24) is 4.57 Å². The number of hydrogen-bond donors (Lipinski definition) is 0. The number of ether oxygens (including phenoxy) is 3. The normalized spacial score (nSPS) is 14.9. The standard InChI is InChI=1S/C30H25N3O5S/c1-4-37-29(35)26-18(2)32-30-33(27(26)20-9-12-21(36-3)13-10-20)28(34)25(39-30)17-23-22-8-6-5-7-19(22)11-14-24(23)38-16-15-31/h5-14,17,27H,4,16H2,1-3H3/b25-17-/t27-/m0/s1. The monoisotopic (exact) mass is 539 g/mol. The molecule has 0 saturated carbocycles. The zero-order valence-corrected chi connectivity index (χ0v) is 22.5. The molecule has 1 aliphatic rings. The average molecular weight is 540 g/mol. The summed E-state index contributed by atoms with van der Waals surface area (Å²) in [7, 11) is 1.58. The zero-order valence-electron chi connectivity index (χ0n) is 21.6. The fourth-order valence-electron chi connectivity index (χ4n) is 4.68. The third-order valence-corrected chi connectivity index (χ3v) is 7.43. The molecule has 1 aromatic heterocycles. The van der Waals surface area contributed by atoms with E-state index in [1.54, 1.807) is 49.8 Å². The molecular weight excluding hydrogens is 514 g/mol. The minimum atomic E-state index is -0.727. The van der Waals surface area contributed by atoms with Crippen LogP contribution in [0.15, 0.2) is 81.7 Å². The Hall–Kier alpha value is -4.68. The Balaban J connectivity index is 1.76. The Morgan fingerprint density at radius 1 is 1.15 bits per heavy atom. The van der Waals surface area contributed by atoms with E-state index in [1.807, 2.05) is 48.5 Å². The fourth-order valence-corrected chi connectivity index (χ4v) is 5.71. The number of esters is 1. The lowest BCUT2D eigenvalue weighted by atomic mass is 9.96. The van der Waals surface area contributed by atoms with Gasteiger partial charge in [0.2, 0.25) is 0 Å². The predicted octanol–water partition coefficient (Wildman–Crippen LogP) is 3.86. The summed E-state index contributed by atoms with van der Waals surface area (Å²) in [5.74, 6) is 0.636. The SMILES string of the molecule is CCOC(=O)C1=C(C)N=c2s/c(=C\c3c(OCC#N)ccc4ccccc34)c(=O)n2[C@H]1c1ccc(OC)cc1. The molecule has 0 bridgehead atoms. The summed E-state index contributed by atoms with van der Waals surface area (Å²) < 4.78 is 18.3. The number of rotatable bonds is 7. The van der Waals surface area contributed by atoms with Crippen molar-refractivity contribution in [2.75, 3.05) is 20.3 Å². The van der Waals surface area contributed by atoms with Crippen LogP contribution in [-0.4, -0.2) is 30.9 Å². The van der Waals surface area contributed by atoms with Gasteiger partial charge >= 0.3 is 5.97 Å². The third-order valence-electron chi connectivity index (χ3n) is 6.45. The molecule has 9 heteroatoms. The number of nitrogens with zero attached hydrogens (tertiary/aromatic N) is 3.